The molecule has 2 N–H and O–H groups in total. The fourth-order valence-corrected chi connectivity index (χ4v) is 3.09. The molecule has 0 bridgehead atoms. The second-order valence-electron chi connectivity index (χ2n) is 4.19. The Morgan fingerprint density at radius 2 is 2.12 bits per heavy atom. The number of halogens is 1. The summed E-state index contributed by atoms with van der Waals surface area (Å²) < 4.78 is 0. The monoisotopic (exact) mass is 265 g/mol. The number of nitrogens with two attached hydrogens (primary N) is 1. The van der Waals surface area contributed by atoms with Gasteiger partial charge in [0, 0.05) is 14.8 Å². The Morgan fingerprint density at radius 1 is 1.29 bits per heavy atom. The lowest BCUT2D eigenvalue weighted by Crippen LogP contribution is -2.03. The van der Waals surface area contributed by atoms with Crippen LogP contribution in [0.1, 0.15) is 24.1 Å². The molecular formula is C14H16ClNS. The minimum absolute atomic E-state index is 0.540. The molecule has 2 rings (SSSR count). The number of hydrogen-bond donors (Lipinski definition) is 1. The van der Waals surface area contributed by atoms with Crippen molar-refractivity contribution in [2.24, 2.45) is 5.73 Å². The molecule has 0 saturated carbocycles. The first kappa shape index (κ1) is 12.6. The maximum Gasteiger partial charge on any atom is 0.0412 e. The van der Waals surface area contributed by atoms with Crippen molar-refractivity contribution in [1.82, 2.24) is 0 Å². The number of rotatable bonds is 4. The lowest BCUT2D eigenvalue weighted by atomic mass is 10.1. The van der Waals surface area contributed by atoms with E-state index in [9.17, 15) is 0 Å². The normalized spacial score (nSPS) is 12.6. The average Bonchev–Trinajstić information content (AvgIpc) is 2.78. The van der Waals surface area contributed by atoms with Crippen molar-refractivity contribution >= 4 is 22.9 Å². The van der Waals surface area contributed by atoms with Crippen molar-refractivity contribution in [2.75, 3.05) is 6.54 Å². The van der Waals surface area contributed by atoms with Crippen molar-refractivity contribution < 1.29 is 0 Å². The number of thiophene rings is 1. The smallest absolute Gasteiger partial charge is 0.0412 e. The van der Waals surface area contributed by atoms with Crippen LogP contribution in [-0.2, 0) is 0 Å². The van der Waals surface area contributed by atoms with E-state index in [1.54, 1.807) is 0 Å². The van der Waals surface area contributed by atoms with Gasteiger partial charge in [-0.1, -0.05) is 30.7 Å². The molecule has 0 aliphatic heterocycles. The van der Waals surface area contributed by atoms with Crippen LogP contribution in [0.15, 0.2) is 36.4 Å². The molecule has 0 aliphatic carbocycles. The maximum absolute atomic E-state index is 6.00. The van der Waals surface area contributed by atoms with Gasteiger partial charge >= 0.3 is 0 Å². The predicted octanol–water partition coefficient (Wildman–Crippen LogP) is 4.52. The first-order valence-corrected chi connectivity index (χ1v) is 6.96. The maximum atomic E-state index is 6.00. The van der Waals surface area contributed by atoms with Gasteiger partial charge in [-0.05, 0) is 48.7 Å². The lowest BCUT2D eigenvalue weighted by molar-refractivity contribution is 0.701. The van der Waals surface area contributed by atoms with Crippen molar-refractivity contribution in [2.45, 2.75) is 19.3 Å². The SMILES string of the molecule is CC(CCN)c1ccc(-c2cccc(Cl)c2)s1. The molecule has 17 heavy (non-hydrogen) atoms. The van der Waals surface area contributed by atoms with E-state index in [0.717, 1.165) is 18.0 Å². The summed E-state index contributed by atoms with van der Waals surface area (Å²) >= 11 is 7.83. The Hall–Kier alpha value is -0.830. The number of hydrogen-bond acceptors (Lipinski definition) is 2. The van der Waals surface area contributed by atoms with Crippen LogP contribution in [0.3, 0.4) is 0 Å². The Labute approximate surface area is 111 Å². The van der Waals surface area contributed by atoms with Gasteiger partial charge in [0.25, 0.3) is 0 Å². The molecule has 0 spiro atoms. The highest BCUT2D eigenvalue weighted by molar-refractivity contribution is 7.15. The summed E-state index contributed by atoms with van der Waals surface area (Å²) in [5.74, 6) is 0.540. The zero-order chi connectivity index (χ0) is 12.3. The molecular weight excluding hydrogens is 250 g/mol. The average molecular weight is 266 g/mol. The van der Waals surface area contributed by atoms with Gasteiger partial charge in [-0.25, -0.2) is 0 Å². The molecule has 3 heteroatoms. The van der Waals surface area contributed by atoms with Crippen LogP contribution in [0, 0.1) is 0 Å². The quantitative estimate of drug-likeness (QED) is 0.864. The van der Waals surface area contributed by atoms with Crippen LogP contribution in [0.5, 0.6) is 0 Å². The Morgan fingerprint density at radius 3 is 2.82 bits per heavy atom. The summed E-state index contributed by atoms with van der Waals surface area (Å²) in [5.41, 5.74) is 6.78. The summed E-state index contributed by atoms with van der Waals surface area (Å²) in [6.07, 6.45) is 1.04. The van der Waals surface area contributed by atoms with E-state index in [1.807, 2.05) is 29.5 Å². The van der Waals surface area contributed by atoms with Gasteiger partial charge < -0.3 is 5.73 Å². The molecule has 0 amide bonds. The fourth-order valence-electron chi connectivity index (χ4n) is 1.81. The molecule has 1 atom stereocenters. The largest absolute Gasteiger partial charge is 0.330 e. The summed E-state index contributed by atoms with van der Waals surface area (Å²) in [7, 11) is 0. The van der Waals surface area contributed by atoms with Gasteiger partial charge in [0.1, 0.15) is 0 Å². The molecule has 1 nitrogen and oxygen atoms in total. The van der Waals surface area contributed by atoms with Gasteiger partial charge in [-0.3, -0.25) is 0 Å². The van der Waals surface area contributed by atoms with Crippen molar-refractivity contribution in [3.8, 4) is 10.4 Å². The van der Waals surface area contributed by atoms with Crippen LogP contribution >= 0.6 is 22.9 Å². The second kappa shape index (κ2) is 5.67. The summed E-state index contributed by atoms with van der Waals surface area (Å²) in [4.78, 5) is 2.66. The van der Waals surface area contributed by atoms with E-state index < -0.39 is 0 Å². The summed E-state index contributed by atoms with van der Waals surface area (Å²) in [6, 6.07) is 12.3. The highest BCUT2D eigenvalue weighted by Gasteiger charge is 2.09. The minimum atomic E-state index is 0.540. The fraction of sp³-hybridized carbons (Fsp3) is 0.286. The van der Waals surface area contributed by atoms with Crippen molar-refractivity contribution in [3.63, 3.8) is 0 Å². The lowest BCUT2D eigenvalue weighted by Gasteiger charge is -2.06. The van der Waals surface area contributed by atoms with Gasteiger partial charge in [-0.15, -0.1) is 11.3 Å². The third-order valence-corrected chi connectivity index (χ3v) is 4.42. The van der Waals surface area contributed by atoms with E-state index in [-0.39, 0.29) is 0 Å². The van der Waals surface area contributed by atoms with Gasteiger partial charge in [0.15, 0.2) is 0 Å². The van der Waals surface area contributed by atoms with Crippen LogP contribution in [0.25, 0.3) is 10.4 Å². The molecule has 0 saturated heterocycles. The zero-order valence-corrected chi connectivity index (χ0v) is 11.4. The highest BCUT2D eigenvalue weighted by Crippen LogP contribution is 2.34. The molecule has 1 unspecified atom stereocenters. The van der Waals surface area contributed by atoms with E-state index in [2.05, 4.69) is 25.1 Å². The topological polar surface area (TPSA) is 26.0 Å². The summed E-state index contributed by atoms with van der Waals surface area (Å²) in [6.45, 7) is 2.96. The molecule has 0 aliphatic rings. The molecule has 2 aromatic rings. The summed E-state index contributed by atoms with van der Waals surface area (Å²) in [5, 5.41) is 0.785. The highest BCUT2D eigenvalue weighted by atomic mass is 35.5. The first-order valence-electron chi connectivity index (χ1n) is 5.76. The van der Waals surface area contributed by atoms with Crippen LogP contribution in [0.2, 0.25) is 5.02 Å². The third-order valence-electron chi connectivity index (χ3n) is 2.82. The predicted molar refractivity (Wildman–Crippen MR) is 76.9 cm³/mol. The molecule has 1 aromatic carbocycles. The Kier molecular flexibility index (Phi) is 4.21. The van der Waals surface area contributed by atoms with Gasteiger partial charge in [-0.2, -0.15) is 0 Å². The standard InChI is InChI=1S/C14H16ClNS/c1-10(7-8-16)13-5-6-14(17-13)11-3-2-4-12(15)9-11/h2-6,9-10H,7-8,16H2,1H3. The Balaban J connectivity index is 2.23. The van der Waals surface area contributed by atoms with E-state index in [4.69, 9.17) is 17.3 Å². The van der Waals surface area contributed by atoms with Crippen LogP contribution in [-0.4, -0.2) is 6.54 Å². The molecule has 1 aromatic heterocycles. The van der Waals surface area contributed by atoms with E-state index in [1.165, 1.54) is 15.3 Å². The molecule has 1 heterocycles. The minimum Gasteiger partial charge on any atom is -0.330 e. The first-order chi connectivity index (χ1) is 8.20. The molecule has 90 valence electrons. The van der Waals surface area contributed by atoms with Crippen molar-refractivity contribution in [1.29, 1.82) is 0 Å². The number of benzene rings is 1. The van der Waals surface area contributed by atoms with Crippen LogP contribution in [0.4, 0.5) is 0 Å². The Bertz CT molecular complexity index is 492. The molecule has 0 fully saturated rings. The van der Waals surface area contributed by atoms with E-state index in [0.29, 0.717) is 5.92 Å². The second-order valence-corrected chi connectivity index (χ2v) is 5.74. The van der Waals surface area contributed by atoms with Gasteiger partial charge in [0.05, 0.1) is 0 Å². The molecule has 0 radical (unpaired) electrons. The van der Waals surface area contributed by atoms with Crippen molar-refractivity contribution in [3.05, 3.63) is 46.3 Å². The third kappa shape index (κ3) is 3.09. The van der Waals surface area contributed by atoms with Crippen LogP contribution < -0.4 is 5.73 Å². The zero-order valence-electron chi connectivity index (χ0n) is 9.82. The van der Waals surface area contributed by atoms with E-state index >= 15 is 0 Å². The van der Waals surface area contributed by atoms with Gasteiger partial charge in [0.2, 0.25) is 0 Å².